The van der Waals surface area contributed by atoms with Gasteiger partial charge in [0, 0.05) is 29.8 Å². The molecule has 6 nitrogen and oxygen atoms in total. The van der Waals surface area contributed by atoms with Crippen LogP contribution in [0.3, 0.4) is 0 Å². The summed E-state index contributed by atoms with van der Waals surface area (Å²) in [5.74, 6) is 0.437. The van der Waals surface area contributed by atoms with E-state index in [-0.39, 0.29) is 29.7 Å². The Bertz CT molecular complexity index is 571. The third kappa shape index (κ3) is 2.13. The zero-order valence-electron chi connectivity index (χ0n) is 11.7. The van der Waals surface area contributed by atoms with Crippen molar-refractivity contribution in [2.45, 2.75) is 37.6 Å². The molecule has 6 atom stereocenters. The second-order valence-corrected chi connectivity index (χ2v) is 6.74. The van der Waals surface area contributed by atoms with Crippen LogP contribution in [0.15, 0.2) is 12.5 Å². The van der Waals surface area contributed by atoms with Crippen LogP contribution >= 0.6 is 0 Å². The number of amides is 1. The van der Waals surface area contributed by atoms with Crippen molar-refractivity contribution in [1.29, 1.82) is 0 Å². The van der Waals surface area contributed by atoms with E-state index >= 15 is 0 Å². The van der Waals surface area contributed by atoms with Gasteiger partial charge in [-0.1, -0.05) is 0 Å². The number of hydrogen-bond acceptors (Lipinski definition) is 3. The van der Waals surface area contributed by atoms with Crippen LogP contribution in [-0.2, 0) is 9.59 Å². The number of H-pyrrole nitrogens is 1. The summed E-state index contributed by atoms with van der Waals surface area (Å²) in [7, 11) is 0. The van der Waals surface area contributed by atoms with Gasteiger partial charge in [0.15, 0.2) is 0 Å². The second kappa shape index (κ2) is 4.58. The molecular weight excluding hydrogens is 270 g/mol. The molecular formula is C15H19N3O3. The Balaban J connectivity index is 1.30. The Morgan fingerprint density at radius 3 is 2.86 bits per heavy atom. The van der Waals surface area contributed by atoms with Crippen molar-refractivity contribution in [3.63, 3.8) is 0 Å². The lowest BCUT2D eigenvalue weighted by Crippen LogP contribution is -2.50. The molecule has 21 heavy (non-hydrogen) atoms. The fraction of sp³-hybridized carbons (Fsp3) is 0.667. The lowest BCUT2D eigenvalue weighted by Gasteiger charge is -2.40. The normalized spacial score (nSPS) is 40.2. The summed E-state index contributed by atoms with van der Waals surface area (Å²) in [6.45, 7) is 0. The lowest BCUT2D eigenvalue weighted by atomic mass is 9.71. The molecule has 0 bridgehead atoms. The van der Waals surface area contributed by atoms with E-state index in [1.165, 1.54) is 0 Å². The third-order valence-corrected chi connectivity index (χ3v) is 5.55. The predicted octanol–water partition coefficient (Wildman–Crippen LogP) is 1.13. The predicted molar refractivity (Wildman–Crippen MR) is 73.3 cm³/mol. The maximum absolute atomic E-state index is 12.3. The molecule has 4 rings (SSSR count). The fourth-order valence-electron chi connectivity index (χ4n) is 4.18. The summed E-state index contributed by atoms with van der Waals surface area (Å²) in [6.07, 6.45) is 6.76. The maximum atomic E-state index is 12.3. The van der Waals surface area contributed by atoms with Crippen LogP contribution in [0, 0.1) is 23.7 Å². The minimum Gasteiger partial charge on any atom is -0.481 e. The number of aromatic amines is 1. The summed E-state index contributed by atoms with van der Waals surface area (Å²) in [6, 6.07) is 0.190. The SMILES string of the molecule is O=C(O)C1C[C@@H]2C[C@@H](NC(=O)[C@@H]3C[C@H]3c3cnc[nH]3)[C@@H]2C1. The molecule has 3 aliphatic rings. The maximum Gasteiger partial charge on any atom is 0.306 e. The number of hydrogen-bond donors (Lipinski definition) is 3. The van der Waals surface area contributed by atoms with Crippen molar-refractivity contribution in [2.24, 2.45) is 23.7 Å². The standard InChI is InChI=1S/C15H19N3O3/c19-14(11-4-10(11)13-5-16-6-17-13)18-12-3-7-1-8(15(20)21)2-9(7)12/h5-12H,1-4H2,(H,16,17)(H,18,19)(H,20,21)/t7-,8?,9-,10-,11-,12-/m1/s1. The highest BCUT2D eigenvalue weighted by Gasteiger charge is 2.52. The number of carboxylic acids is 1. The Morgan fingerprint density at radius 1 is 1.29 bits per heavy atom. The van der Waals surface area contributed by atoms with Gasteiger partial charge in [0.25, 0.3) is 0 Å². The molecule has 1 unspecified atom stereocenters. The number of rotatable bonds is 4. The first-order valence-electron chi connectivity index (χ1n) is 7.65. The molecule has 1 aromatic rings. The smallest absolute Gasteiger partial charge is 0.306 e. The molecule has 1 amide bonds. The number of fused-ring (bicyclic) bond motifs is 1. The van der Waals surface area contributed by atoms with Crippen LogP contribution in [0.4, 0.5) is 0 Å². The van der Waals surface area contributed by atoms with E-state index in [4.69, 9.17) is 5.11 Å². The van der Waals surface area contributed by atoms with Gasteiger partial charge in [0.2, 0.25) is 5.91 Å². The molecule has 112 valence electrons. The minimum absolute atomic E-state index is 0.0566. The number of carbonyl (C=O) groups is 2. The third-order valence-electron chi connectivity index (χ3n) is 5.55. The fourth-order valence-corrected chi connectivity index (χ4v) is 4.18. The Morgan fingerprint density at radius 2 is 2.14 bits per heavy atom. The molecule has 3 fully saturated rings. The van der Waals surface area contributed by atoms with Crippen LogP contribution < -0.4 is 5.32 Å². The highest BCUT2D eigenvalue weighted by molar-refractivity contribution is 5.83. The molecule has 0 aliphatic heterocycles. The molecule has 0 aromatic carbocycles. The number of nitrogens with one attached hydrogen (secondary N) is 2. The molecule has 3 saturated carbocycles. The van der Waals surface area contributed by atoms with Crippen molar-refractivity contribution in [3.8, 4) is 0 Å². The van der Waals surface area contributed by atoms with Gasteiger partial charge in [-0.05, 0) is 37.5 Å². The highest BCUT2D eigenvalue weighted by Crippen LogP contribution is 2.51. The number of imidazole rings is 1. The first-order valence-corrected chi connectivity index (χ1v) is 7.65. The van der Waals surface area contributed by atoms with Gasteiger partial charge in [-0.3, -0.25) is 9.59 Å². The molecule has 0 radical (unpaired) electrons. The zero-order valence-corrected chi connectivity index (χ0v) is 11.7. The molecule has 1 heterocycles. The van der Waals surface area contributed by atoms with E-state index in [0.29, 0.717) is 11.8 Å². The molecule has 0 saturated heterocycles. The van der Waals surface area contributed by atoms with Gasteiger partial charge in [-0.2, -0.15) is 0 Å². The van der Waals surface area contributed by atoms with Crippen molar-refractivity contribution >= 4 is 11.9 Å². The Kier molecular flexibility index (Phi) is 2.80. The minimum atomic E-state index is -0.684. The van der Waals surface area contributed by atoms with Gasteiger partial charge in [0.05, 0.1) is 12.2 Å². The largest absolute Gasteiger partial charge is 0.481 e. The number of nitrogens with zero attached hydrogens (tertiary/aromatic N) is 1. The summed E-state index contributed by atoms with van der Waals surface area (Å²) < 4.78 is 0. The number of carbonyl (C=O) groups excluding carboxylic acids is 1. The number of carboxylic acid groups (broad SMARTS) is 1. The van der Waals surface area contributed by atoms with Crippen molar-refractivity contribution in [1.82, 2.24) is 15.3 Å². The van der Waals surface area contributed by atoms with Gasteiger partial charge in [-0.25, -0.2) is 4.98 Å². The summed E-state index contributed by atoms with van der Waals surface area (Å²) >= 11 is 0. The van der Waals surface area contributed by atoms with Gasteiger partial charge >= 0.3 is 5.97 Å². The second-order valence-electron chi connectivity index (χ2n) is 6.74. The van der Waals surface area contributed by atoms with Crippen molar-refractivity contribution < 1.29 is 14.7 Å². The lowest BCUT2D eigenvalue weighted by molar-refractivity contribution is -0.141. The summed E-state index contributed by atoms with van der Waals surface area (Å²) in [5, 5.41) is 12.2. The van der Waals surface area contributed by atoms with E-state index in [0.717, 1.165) is 31.4 Å². The monoisotopic (exact) mass is 289 g/mol. The highest BCUT2D eigenvalue weighted by atomic mass is 16.4. The van der Waals surface area contributed by atoms with Crippen LogP contribution in [0.25, 0.3) is 0 Å². The average Bonchev–Trinajstić information content (AvgIpc) is 2.91. The molecule has 0 spiro atoms. The van der Waals surface area contributed by atoms with Gasteiger partial charge < -0.3 is 15.4 Å². The Hall–Kier alpha value is -1.85. The zero-order chi connectivity index (χ0) is 14.6. The average molecular weight is 289 g/mol. The number of aliphatic carboxylic acids is 1. The molecule has 3 aliphatic carbocycles. The number of aromatic nitrogens is 2. The van der Waals surface area contributed by atoms with Crippen LogP contribution in [0.2, 0.25) is 0 Å². The van der Waals surface area contributed by atoms with Gasteiger partial charge in [-0.15, -0.1) is 0 Å². The Labute approximate surface area is 122 Å². The summed E-state index contributed by atoms with van der Waals surface area (Å²) in [4.78, 5) is 30.4. The topological polar surface area (TPSA) is 95.1 Å². The molecule has 1 aromatic heterocycles. The first-order chi connectivity index (χ1) is 10.1. The van der Waals surface area contributed by atoms with Crippen LogP contribution in [0.1, 0.15) is 37.3 Å². The molecule has 3 N–H and O–H groups in total. The van der Waals surface area contributed by atoms with Crippen molar-refractivity contribution in [3.05, 3.63) is 18.2 Å². The molecule has 6 heteroatoms. The van der Waals surface area contributed by atoms with E-state index in [1.54, 1.807) is 12.5 Å². The van der Waals surface area contributed by atoms with Crippen molar-refractivity contribution in [2.75, 3.05) is 0 Å². The summed E-state index contributed by atoms with van der Waals surface area (Å²) in [5.41, 5.74) is 1.04. The first kappa shape index (κ1) is 12.9. The van der Waals surface area contributed by atoms with Gasteiger partial charge in [0.1, 0.15) is 0 Å². The van der Waals surface area contributed by atoms with Crippen LogP contribution in [0.5, 0.6) is 0 Å². The van der Waals surface area contributed by atoms with Crippen LogP contribution in [-0.4, -0.2) is 33.0 Å². The van der Waals surface area contributed by atoms with E-state index in [9.17, 15) is 9.59 Å². The van der Waals surface area contributed by atoms with E-state index in [1.807, 2.05) is 0 Å². The quantitative estimate of drug-likeness (QED) is 0.774. The van der Waals surface area contributed by atoms with E-state index in [2.05, 4.69) is 15.3 Å². The van der Waals surface area contributed by atoms with E-state index < -0.39 is 5.97 Å².